The highest BCUT2D eigenvalue weighted by Gasteiger charge is 2.30. The Morgan fingerprint density at radius 2 is 2.03 bits per heavy atom. The maximum absolute atomic E-state index is 11.4. The fraction of sp³-hybridized carbons (Fsp3) is 0.273. The van der Waals surface area contributed by atoms with Gasteiger partial charge in [-0.2, -0.15) is 0 Å². The standard InChI is InChI=1S/C22H22ClN3O3/c1-15-5-8-21(27)16(12-15)14-25-11-3-10-24-9-2-4-20(24)22(25)18-13-17(26(28)29)6-7-19(18)23/h2,4-9,12-13,22,27H,3,10-11,14H2,1H3. The van der Waals surface area contributed by atoms with Crippen molar-refractivity contribution in [3.63, 3.8) is 0 Å². The molecule has 3 aromatic rings. The number of aromatic hydroxyl groups is 1. The summed E-state index contributed by atoms with van der Waals surface area (Å²) >= 11 is 6.54. The number of halogens is 1. The van der Waals surface area contributed by atoms with Crippen molar-refractivity contribution in [1.29, 1.82) is 0 Å². The number of aromatic nitrogens is 1. The minimum Gasteiger partial charge on any atom is -0.508 e. The summed E-state index contributed by atoms with van der Waals surface area (Å²) in [5.41, 5.74) is 3.66. The molecular formula is C22H22ClN3O3. The second kappa shape index (κ2) is 7.89. The second-order valence-corrected chi connectivity index (χ2v) is 7.86. The lowest BCUT2D eigenvalue weighted by Crippen LogP contribution is -2.29. The molecule has 29 heavy (non-hydrogen) atoms. The van der Waals surface area contributed by atoms with Gasteiger partial charge in [-0.25, -0.2) is 0 Å². The van der Waals surface area contributed by atoms with Gasteiger partial charge < -0.3 is 9.67 Å². The van der Waals surface area contributed by atoms with Crippen LogP contribution in [0.4, 0.5) is 5.69 Å². The Balaban J connectivity index is 1.83. The Hall–Kier alpha value is -2.83. The molecule has 4 rings (SSSR count). The Labute approximate surface area is 174 Å². The monoisotopic (exact) mass is 411 g/mol. The molecule has 2 aromatic carbocycles. The molecule has 1 aliphatic rings. The van der Waals surface area contributed by atoms with Crippen molar-refractivity contribution in [2.45, 2.75) is 32.5 Å². The van der Waals surface area contributed by atoms with Gasteiger partial charge in [-0.1, -0.05) is 29.3 Å². The lowest BCUT2D eigenvalue weighted by Gasteiger charge is -2.31. The van der Waals surface area contributed by atoms with Crippen molar-refractivity contribution in [3.8, 4) is 5.75 Å². The van der Waals surface area contributed by atoms with Gasteiger partial charge in [0.05, 0.1) is 11.0 Å². The van der Waals surface area contributed by atoms with Crippen LogP contribution in [-0.4, -0.2) is 26.0 Å². The molecule has 0 saturated carbocycles. The number of fused-ring (bicyclic) bond motifs is 1. The van der Waals surface area contributed by atoms with Crippen LogP contribution in [-0.2, 0) is 13.1 Å². The molecule has 0 aliphatic carbocycles. The summed E-state index contributed by atoms with van der Waals surface area (Å²) in [6.07, 6.45) is 2.96. The SMILES string of the molecule is Cc1ccc(O)c(CN2CCCn3cccc3C2c2cc([N+](=O)[O-])ccc2Cl)c1. The molecule has 0 fully saturated rings. The predicted octanol–water partition coefficient (Wildman–Crippen LogP) is 5.06. The van der Waals surface area contributed by atoms with Crippen molar-refractivity contribution >= 4 is 17.3 Å². The van der Waals surface area contributed by atoms with Crippen LogP contribution < -0.4 is 0 Å². The van der Waals surface area contributed by atoms with Gasteiger partial charge in [0, 0.05) is 59.8 Å². The molecule has 0 saturated heterocycles. The van der Waals surface area contributed by atoms with E-state index in [2.05, 4.69) is 9.47 Å². The highest BCUT2D eigenvalue weighted by atomic mass is 35.5. The third kappa shape index (κ3) is 3.86. The third-order valence-electron chi connectivity index (χ3n) is 5.45. The summed E-state index contributed by atoms with van der Waals surface area (Å²) in [6.45, 7) is 4.15. The Kier molecular flexibility index (Phi) is 5.30. The highest BCUT2D eigenvalue weighted by Crippen LogP contribution is 2.38. The van der Waals surface area contributed by atoms with E-state index in [1.807, 2.05) is 37.4 Å². The third-order valence-corrected chi connectivity index (χ3v) is 5.79. The topological polar surface area (TPSA) is 71.5 Å². The molecule has 1 aliphatic heterocycles. The normalized spacial score (nSPS) is 17.0. The second-order valence-electron chi connectivity index (χ2n) is 7.45. The zero-order chi connectivity index (χ0) is 20.5. The molecule has 1 atom stereocenters. The van der Waals surface area contributed by atoms with Gasteiger partial charge in [0.1, 0.15) is 5.75 Å². The molecule has 0 spiro atoms. The Morgan fingerprint density at radius 1 is 1.21 bits per heavy atom. The van der Waals surface area contributed by atoms with Gasteiger partial charge in [-0.15, -0.1) is 0 Å². The number of non-ortho nitro benzene ring substituents is 1. The van der Waals surface area contributed by atoms with E-state index in [9.17, 15) is 15.2 Å². The van der Waals surface area contributed by atoms with E-state index in [-0.39, 0.29) is 17.5 Å². The average Bonchev–Trinajstić information content (AvgIpc) is 3.07. The van der Waals surface area contributed by atoms with E-state index in [1.165, 1.54) is 6.07 Å². The number of benzene rings is 2. The van der Waals surface area contributed by atoms with Crippen molar-refractivity contribution in [2.24, 2.45) is 0 Å². The molecule has 7 heteroatoms. The van der Waals surface area contributed by atoms with E-state index in [1.54, 1.807) is 18.2 Å². The first-order chi connectivity index (χ1) is 13.9. The number of hydrogen-bond acceptors (Lipinski definition) is 4. The summed E-state index contributed by atoms with van der Waals surface area (Å²) in [6, 6.07) is 13.9. The molecule has 0 radical (unpaired) electrons. The van der Waals surface area contributed by atoms with Gasteiger partial charge in [0.2, 0.25) is 0 Å². The molecular weight excluding hydrogens is 390 g/mol. The van der Waals surface area contributed by atoms with Crippen LogP contribution in [0.3, 0.4) is 0 Å². The molecule has 1 unspecified atom stereocenters. The lowest BCUT2D eigenvalue weighted by molar-refractivity contribution is -0.384. The van der Waals surface area contributed by atoms with Gasteiger partial charge in [0.15, 0.2) is 0 Å². The lowest BCUT2D eigenvalue weighted by atomic mass is 9.99. The van der Waals surface area contributed by atoms with Crippen LogP contribution >= 0.6 is 11.6 Å². The minimum atomic E-state index is -0.397. The number of nitro groups is 1. The molecule has 150 valence electrons. The van der Waals surface area contributed by atoms with Crippen LogP contribution in [0.25, 0.3) is 0 Å². The van der Waals surface area contributed by atoms with E-state index >= 15 is 0 Å². The zero-order valence-electron chi connectivity index (χ0n) is 16.1. The van der Waals surface area contributed by atoms with E-state index in [0.29, 0.717) is 17.1 Å². The van der Waals surface area contributed by atoms with Crippen molar-refractivity contribution in [1.82, 2.24) is 9.47 Å². The van der Waals surface area contributed by atoms with Crippen LogP contribution in [0.1, 0.15) is 34.8 Å². The first kappa shape index (κ1) is 19.5. The fourth-order valence-corrected chi connectivity index (χ4v) is 4.30. The molecule has 1 N–H and O–H groups in total. The Bertz CT molecular complexity index is 1060. The van der Waals surface area contributed by atoms with Gasteiger partial charge >= 0.3 is 0 Å². The van der Waals surface area contributed by atoms with Crippen LogP contribution in [0.15, 0.2) is 54.7 Å². The van der Waals surface area contributed by atoms with E-state index in [0.717, 1.165) is 36.3 Å². The predicted molar refractivity (Wildman–Crippen MR) is 112 cm³/mol. The van der Waals surface area contributed by atoms with Crippen LogP contribution in [0.5, 0.6) is 5.75 Å². The number of phenols is 1. The molecule has 2 heterocycles. The average molecular weight is 412 g/mol. The van der Waals surface area contributed by atoms with Gasteiger partial charge in [-0.3, -0.25) is 15.0 Å². The van der Waals surface area contributed by atoms with Crippen molar-refractivity contribution < 1.29 is 10.0 Å². The largest absolute Gasteiger partial charge is 0.508 e. The number of nitrogens with zero attached hydrogens (tertiary/aromatic N) is 3. The first-order valence-corrected chi connectivity index (χ1v) is 9.93. The van der Waals surface area contributed by atoms with Crippen molar-refractivity contribution in [3.05, 3.63) is 92.2 Å². The van der Waals surface area contributed by atoms with Gasteiger partial charge in [0.25, 0.3) is 5.69 Å². The van der Waals surface area contributed by atoms with E-state index < -0.39 is 4.92 Å². The highest BCUT2D eigenvalue weighted by molar-refractivity contribution is 6.31. The number of hydrogen-bond donors (Lipinski definition) is 1. The molecule has 0 bridgehead atoms. The van der Waals surface area contributed by atoms with Crippen LogP contribution in [0.2, 0.25) is 5.02 Å². The van der Waals surface area contributed by atoms with Crippen molar-refractivity contribution in [2.75, 3.05) is 6.54 Å². The Morgan fingerprint density at radius 3 is 2.83 bits per heavy atom. The first-order valence-electron chi connectivity index (χ1n) is 9.55. The van der Waals surface area contributed by atoms with Gasteiger partial charge in [-0.05, 0) is 37.6 Å². The number of aryl methyl sites for hydroxylation is 2. The van der Waals surface area contributed by atoms with Crippen LogP contribution in [0, 0.1) is 17.0 Å². The fourth-order valence-electron chi connectivity index (χ4n) is 4.08. The summed E-state index contributed by atoms with van der Waals surface area (Å²) in [5, 5.41) is 22.2. The zero-order valence-corrected chi connectivity index (χ0v) is 16.8. The number of phenolic OH excluding ortho intramolecular Hbond substituents is 1. The van der Waals surface area contributed by atoms with E-state index in [4.69, 9.17) is 11.6 Å². The summed E-state index contributed by atoms with van der Waals surface area (Å²) < 4.78 is 2.18. The quantitative estimate of drug-likeness (QED) is 0.481. The smallest absolute Gasteiger partial charge is 0.269 e. The minimum absolute atomic E-state index is 0.0186. The maximum atomic E-state index is 11.4. The maximum Gasteiger partial charge on any atom is 0.269 e. The molecule has 0 amide bonds. The summed E-state index contributed by atoms with van der Waals surface area (Å²) in [7, 11) is 0. The number of nitro benzene ring substituents is 1. The molecule has 6 nitrogen and oxygen atoms in total. The molecule has 1 aromatic heterocycles. The summed E-state index contributed by atoms with van der Waals surface area (Å²) in [5.74, 6) is 0.249. The summed E-state index contributed by atoms with van der Waals surface area (Å²) in [4.78, 5) is 13.2. The number of rotatable bonds is 4.